The SMILES string of the molecule is COc1ccc(CC(=O)CC2(c3ccnc(C#N)n3)CCCC2)cc1. The van der Waals surface area contributed by atoms with Crippen molar-refractivity contribution in [3.63, 3.8) is 0 Å². The molecule has 0 atom stereocenters. The second-order valence-electron chi connectivity index (χ2n) is 6.61. The Balaban J connectivity index is 1.76. The first-order valence-corrected chi connectivity index (χ1v) is 8.53. The number of methoxy groups -OCH3 is 1. The Kier molecular flexibility index (Phi) is 5.08. The second kappa shape index (κ2) is 7.43. The number of aromatic nitrogens is 2. The highest BCUT2D eigenvalue weighted by molar-refractivity contribution is 5.82. The van der Waals surface area contributed by atoms with Gasteiger partial charge in [0.15, 0.2) is 0 Å². The molecule has 2 aromatic rings. The highest BCUT2D eigenvalue weighted by Gasteiger charge is 2.38. The fourth-order valence-electron chi connectivity index (χ4n) is 3.69. The van der Waals surface area contributed by atoms with Gasteiger partial charge in [-0.15, -0.1) is 0 Å². The molecule has 1 saturated carbocycles. The molecule has 5 nitrogen and oxygen atoms in total. The lowest BCUT2D eigenvalue weighted by Gasteiger charge is -2.27. The summed E-state index contributed by atoms with van der Waals surface area (Å²) in [5, 5.41) is 9.06. The first kappa shape index (κ1) is 17.1. The number of ether oxygens (including phenoxy) is 1. The topological polar surface area (TPSA) is 75.9 Å². The number of benzene rings is 1. The first-order valence-electron chi connectivity index (χ1n) is 8.53. The fourth-order valence-corrected chi connectivity index (χ4v) is 3.69. The van der Waals surface area contributed by atoms with Crippen LogP contribution in [0, 0.1) is 11.3 Å². The maximum absolute atomic E-state index is 12.7. The smallest absolute Gasteiger partial charge is 0.232 e. The molecule has 0 radical (unpaired) electrons. The first-order chi connectivity index (χ1) is 12.1. The van der Waals surface area contributed by atoms with Crippen molar-refractivity contribution in [1.29, 1.82) is 5.26 Å². The maximum atomic E-state index is 12.7. The number of nitrogens with zero attached hydrogens (tertiary/aromatic N) is 3. The second-order valence-corrected chi connectivity index (χ2v) is 6.61. The number of hydrogen-bond acceptors (Lipinski definition) is 5. The third-order valence-electron chi connectivity index (χ3n) is 4.96. The van der Waals surface area contributed by atoms with Crippen LogP contribution in [0.3, 0.4) is 0 Å². The molecule has 0 aliphatic heterocycles. The van der Waals surface area contributed by atoms with E-state index in [1.54, 1.807) is 13.3 Å². The number of hydrogen-bond donors (Lipinski definition) is 0. The molecule has 1 aliphatic rings. The standard InChI is InChI=1S/C20H21N3O2/c1-25-17-6-4-15(5-7-17)12-16(24)13-20(9-2-3-10-20)18-8-11-22-19(14-21)23-18/h4-8,11H,2-3,9-10,12-13H2,1H3. The Hall–Kier alpha value is -2.74. The van der Waals surface area contributed by atoms with Gasteiger partial charge in [0, 0.05) is 24.5 Å². The summed E-state index contributed by atoms with van der Waals surface area (Å²) in [5.74, 6) is 1.16. The number of rotatable bonds is 6. The van der Waals surface area contributed by atoms with Crippen LogP contribution in [0.15, 0.2) is 36.5 Å². The van der Waals surface area contributed by atoms with Gasteiger partial charge in [-0.25, -0.2) is 9.97 Å². The Labute approximate surface area is 147 Å². The molecule has 0 amide bonds. The molecule has 3 rings (SSSR count). The van der Waals surface area contributed by atoms with Gasteiger partial charge in [0.2, 0.25) is 5.82 Å². The summed E-state index contributed by atoms with van der Waals surface area (Å²) in [6.07, 6.45) is 6.52. The lowest BCUT2D eigenvalue weighted by atomic mass is 9.77. The predicted octanol–water partition coefficient (Wildman–Crippen LogP) is 3.37. The van der Waals surface area contributed by atoms with Crippen LogP contribution < -0.4 is 4.74 Å². The Morgan fingerprint density at radius 2 is 1.96 bits per heavy atom. The molecule has 0 N–H and O–H groups in total. The number of carbonyl (C=O) groups excluding carboxylic acids is 1. The summed E-state index contributed by atoms with van der Waals surface area (Å²) in [7, 11) is 1.63. The predicted molar refractivity (Wildman–Crippen MR) is 93.2 cm³/mol. The van der Waals surface area contributed by atoms with Crippen LogP contribution in [-0.2, 0) is 16.6 Å². The van der Waals surface area contributed by atoms with Crippen molar-refractivity contribution in [2.45, 2.75) is 43.9 Å². The molecule has 1 fully saturated rings. The summed E-state index contributed by atoms with van der Waals surface area (Å²) in [6.45, 7) is 0. The van der Waals surface area contributed by atoms with Gasteiger partial charge >= 0.3 is 0 Å². The van der Waals surface area contributed by atoms with E-state index in [4.69, 9.17) is 10.00 Å². The van der Waals surface area contributed by atoms with Crippen molar-refractivity contribution in [2.24, 2.45) is 0 Å². The molecule has 0 bridgehead atoms. The van der Waals surface area contributed by atoms with Crippen LogP contribution in [0.25, 0.3) is 0 Å². The van der Waals surface area contributed by atoms with Crippen LogP contribution in [0.2, 0.25) is 0 Å². The maximum Gasteiger partial charge on any atom is 0.232 e. The molecule has 1 aromatic carbocycles. The molecule has 1 aromatic heterocycles. The molecule has 5 heteroatoms. The fraction of sp³-hybridized carbons (Fsp3) is 0.400. The van der Waals surface area contributed by atoms with Gasteiger partial charge in [-0.3, -0.25) is 4.79 Å². The Morgan fingerprint density at radius 1 is 1.24 bits per heavy atom. The minimum Gasteiger partial charge on any atom is -0.497 e. The lowest BCUT2D eigenvalue weighted by Crippen LogP contribution is -2.28. The van der Waals surface area contributed by atoms with Crippen LogP contribution in [0.1, 0.15) is 49.2 Å². The van der Waals surface area contributed by atoms with Gasteiger partial charge < -0.3 is 4.74 Å². The van der Waals surface area contributed by atoms with Crippen molar-refractivity contribution in [3.05, 3.63) is 53.6 Å². The molecule has 0 unspecified atom stereocenters. The van der Waals surface area contributed by atoms with Gasteiger partial charge in [-0.1, -0.05) is 25.0 Å². The molecule has 1 heterocycles. The number of carbonyl (C=O) groups is 1. The summed E-state index contributed by atoms with van der Waals surface area (Å²) in [5.41, 5.74) is 1.57. The third-order valence-corrected chi connectivity index (χ3v) is 4.96. The van der Waals surface area contributed by atoms with Gasteiger partial charge in [-0.05, 0) is 36.6 Å². The zero-order chi connectivity index (χ0) is 17.7. The average molecular weight is 335 g/mol. The molecule has 0 saturated heterocycles. The number of Topliss-reactive ketones (excluding diaryl/α,β-unsaturated/α-hetero) is 1. The van der Waals surface area contributed by atoms with Crippen molar-refractivity contribution in [1.82, 2.24) is 9.97 Å². The number of ketones is 1. The van der Waals surface area contributed by atoms with Gasteiger partial charge in [-0.2, -0.15) is 5.26 Å². The third kappa shape index (κ3) is 3.85. The highest BCUT2D eigenvalue weighted by atomic mass is 16.5. The van der Waals surface area contributed by atoms with E-state index in [0.717, 1.165) is 42.7 Å². The van der Waals surface area contributed by atoms with Crippen molar-refractivity contribution >= 4 is 5.78 Å². The van der Waals surface area contributed by atoms with Crippen LogP contribution in [-0.4, -0.2) is 22.9 Å². The molecule has 1 aliphatic carbocycles. The van der Waals surface area contributed by atoms with Crippen molar-refractivity contribution < 1.29 is 9.53 Å². The molecule has 128 valence electrons. The van der Waals surface area contributed by atoms with Gasteiger partial charge in [0.25, 0.3) is 0 Å². The molecular weight excluding hydrogens is 314 g/mol. The van der Waals surface area contributed by atoms with Crippen molar-refractivity contribution in [3.8, 4) is 11.8 Å². The summed E-state index contributed by atoms with van der Waals surface area (Å²) in [6, 6.07) is 11.4. The zero-order valence-electron chi connectivity index (χ0n) is 14.4. The van der Waals surface area contributed by atoms with E-state index in [0.29, 0.717) is 12.8 Å². The summed E-state index contributed by atoms with van der Waals surface area (Å²) in [4.78, 5) is 21.1. The Morgan fingerprint density at radius 3 is 2.60 bits per heavy atom. The lowest BCUT2D eigenvalue weighted by molar-refractivity contribution is -0.119. The van der Waals surface area contributed by atoms with E-state index in [2.05, 4.69) is 9.97 Å². The van der Waals surface area contributed by atoms with Crippen LogP contribution >= 0.6 is 0 Å². The minimum atomic E-state index is -0.252. The molecule has 0 spiro atoms. The largest absolute Gasteiger partial charge is 0.497 e. The summed E-state index contributed by atoms with van der Waals surface area (Å²) < 4.78 is 5.15. The van der Waals surface area contributed by atoms with E-state index in [1.165, 1.54) is 0 Å². The van der Waals surface area contributed by atoms with Crippen molar-refractivity contribution in [2.75, 3.05) is 7.11 Å². The normalized spacial score (nSPS) is 15.5. The quantitative estimate of drug-likeness (QED) is 0.809. The minimum absolute atomic E-state index is 0.173. The van der Waals surface area contributed by atoms with Crippen LogP contribution in [0.5, 0.6) is 5.75 Å². The van der Waals surface area contributed by atoms with Gasteiger partial charge in [0.05, 0.1) is 12.8 Å². The van der Waals surface area contributed by atoms with E-state index in [-0.39, 0.29) is 17.0 Å². The number of nitriles is 1. The Bertz CT molecular complexity index is 787. The molecular formula is C20H21N3O2. The monoisotopic (exact) mass is 335 g/mol. The van der Waals surface area contributed by atoms with E-state index < -0.39 is 0 Å². The zero-order valence-corrected chi connectivity index (χ0v) is 14.4. The highest BCUT2D eigenvalue weighted by Crippen LogP contribution is 2.43. The molecule has 25 heavy (non-hydrogen) atoms. The summed E-state index contributed by atoms with van der Waals surface area (Å²) >= 11 is 0. The van der Waals surface area contributed by atoms with Gasteiger partial charge in [0.1, 0.15) is 17.6 Å². The van der Waals surface area contributed by atoms with E-state index in [9.17, 15) is 4.79 Å². The van der Waals surface area contributed by atoms with E-state index in [1.807, 2.05) is 36.4 Å². The van der Waals surface area contributed by atoms with Crippen LogP contribution in [0.4, 0.5) is 0 Å². The van der Waals surface area contributed by atoms with E-state index >= 15 is 0 Å². The average Bonchev–Trinajstić information content (AvgIpc) is 3.12.